The summed E-state index contributed by atoms with van der Waals surface area (Å²) >= 11 is 3.74. The van der Waals surface area contributed by atoms with Gasteiger partial charge in [-0.3, -0.25) is 9.48 Å². The van der Waals surface area contributed by atoms with Gasteiger partial charge >= 0.3 is 5.97 Å². The lowest BCUT2D eigenvalue weighted by molar-refractivity contribution is -0.116. The fourth-order valence-electron chi connectivity index (χ4n) is 3.09. The number of aryl methyl sites for hydroxylation is 3. The Morgan fingerprint density at radius 1 is 1.38 bits per heavy atom. The summed E-state index contributed by atoms with van der Waals surface area (Å²) in [6.45, 7) is 4.58. The largest absolute Gasteiger partial charge is 0.462 e. The molecule has 3 rings (SSSR count). The number of esters is 1. The molecule has 0 atom stereocenters. The molecule has 8 heteroatoms. The van der Waals surface area contributed by atoms with Crippen LogP contribution in [0.15, 0.2) is 6.20 Å². The molecule has 2 heterocycles. The van der Waals surface area contributed by atoms with E-state index in [1.54, 1.807) is 11.6 Å². The molecule has 0 bridgehead atoms. The lowest BCUT2D eigenvalue weighted by Gasteiger charge is -2.12. The summed E-state index contributed by atoms with van der Waals surface area (Å²) in [5.74, 6) is -0.447. The molecule has 0 spiro atoms. The molecule has 1 amide bonds. The minimum Gasteiger partial charge on any atom is -0.462 e. The Bertz CT molecular complexity index is 809. The average molecular weight is 487 g/mol. The van der Waals surface area contributed by atoms with Gasteiger partial charge in [0.15, 0.2) is 0 Å². The molecule has 0 unspecified atom stereocenters. The van der Waals surface area contributed by atoms with Gasteiger partial charge in [0.2, 0.25) is 5.91 Å². The van der Waals surface area contributed by atoms with Crippen LogP contribution in [0, 0.1) is 10.5 Å². The van der Waals surface area contributed by atoms with Gasteiger partial charge in [0.25, 0.3) is 0 Å². The number of nitrogens with one attached hydrogen (secondary N) is 1. The average Bonchev–Trinajstić information content (AvgIpc) is 3.12. The van der Waals surface area contributed by atoms with E-state index in [2.05, 4.69) is 33.0 Å². The lowest BCUT2D eigenvalue weighted by Crippen LogP contribution is -2.17. The molecule has 2 aromatic rings. The van der Waals surface area contributed by atoms with Crippen LogP contribution in [0.1, 0.15) is 52.7 Å². The second-order valence-electron chi connectivity index (χ2n) is 6.26. The number of ether oxygens (including phenoxy) is 1. The number of thiophene rings is 1. The van der Waals surface area contributed by atoms with E-state index in [4.69, 9.17) is 4.74 Å². The Balaban J connectivity index is 1.72. The summed E-state index contributed by atoms with van der Waals surface area (Å²) in [4.78, 5) is 26.0. The SMILES string of the molecule is CCOC(=O)c1c(NC(=O)CCn2cc(I)c(C)n2)sc2c1CCCC2. The fourth-order valence-corrected chi connectivity index (χ4v) is 4.81. The molecule has 26 heavy (non-hydrogen) atoms. The number of nitrogens with zero attached hydrogens (tertiary/aromatic N) is 2. The molecule has 6 nitrogen and oxygen atoms in total. The molecule has 1 aliphatic rings. The predicted octanol–water partition coefficient (Wildman–Crippen LogP) is 3.94. The van der Waals surface area contributed by atoms with Gasteiger partial charge in [-0.2, -0.15) is 5.10 Å². The van der Waals surface area contributed by atoms with E-state index in [1.165, 1.54) is 16.2 Å². The molecule has 0 saturated heterocycles. The van der Waals surface area contributed by atoms with Gasteiger partial charge in [0.05, 0.1) is 21.4 Å². The topological polar surface area (TPSA) is 73.2 Å². The molecular weight excluding hydrogens is 465 g/mol. The zero-order chi connectivity index (χ0) is 18.7. The van der Waals surface area contributed by atoms with Gasteiger partial charge < -0.3 is 10.1 Å². The molecule has 0 radical (unpaired) electrons. The zero-order valence-electron chi connectivity index (χ0n) is 14.9. The maximum atomic E-state index is 12.4. The first-order valence-electron chi connectivity index (χ1n) is 8.80. The van der Waals surface area contributed by atoms with E-state index in [0.717, 1.165) is 40.5 Å². The number of carbonyl (C=O) groups excluding carboxylic acids is 2. The minimum atomic E-state index is -0.334. The maximum Gasteiger partial charge on any atom is 0.341 e. The van der Waals surface area contributed by atoms with Crippen molar-refractivity contribution in [1.82, 2.24) is 9.78 Å². The van der Waals surface area contributed by atoms with Crippen LogP contribution in [-0.2, 0) is 28.9 Å². The summed E-state index contributed by atoms with van der Waals surface area (Å²) in [6.07, 6.45) is 6.27. The number of rotatable bonds is 6. The molecular formula is C18H22IN3O3S. The molecule has 0 aromatic carbocycles. The highest BCUT2D eigenvalue weighted by molar-refractivity contribution is 14.1. The normalized spacial score (nSPS) is 13.3. The Hall–Kier alpha value is -1.42. The second-order valence-corrected chi connectivity index (χ2v) is 8.53. The van der Waals surface area contributed by atoms with E-state index in [0.29, 0.717) is 30.1 Å². The van der Waals surface area contributed by atoms with Gasteiger partial charge in [0, 0.05) is 24.0 Å². The third kappa shape index (κ3) is 4.28. The first kappa shape index (κ1) is 19.3. The Labute approximate surface area is 170 Å². The van der Waals surface area contributed by atoms with Gasteiger partial charge in [-0.15, -0.1) is 11.3 Å². The van der Waals surface area contributed by atoms with Crippen LogP contribution in [0.25, 0.3) is 0 Å². The number of hydrogen-bond donors (Lipinski definition) is 1. The van der Waals surface area contributed by atoms with Crippen molar-refractivity contribution in [2.75, 3.05) is 11.9 Å². The van der Waals surface area contributed by atoms with Crippen LogP contribution >= 0.6 is 33.9 Å². The van der Waals surface area contributed by atoms with Crippen molar-refractivity contribution in [2.24, 2.45) is 0 Å². The number of halogens is 1. The molecule has 0 saturated carbocycles. The summed E-state index contributed by atoms with van der Waals surface area (Å²) < 4.78 is 8.08. The molecule has 1 N–H and O–H groups in total. The summed E-state index contributed by atoms with van der Waals surface area (Å²) in [6, 6.07) is 0. The van der Waals surface area contributed by atoms with Crippen LogP contribution in [0.3, 0.4) is 0 Å². The van der Waals surface area contributed by atoms with Crippen LogP contribution < -0.4 is 5.32 Å². The fraction of sp³-hybridized carbons (Fsp3) is 0.500. The number of anilines is 1. The standard InChI is InChI=1S/C18H22IN3O3S/c1-3-25-18(24)16-12-6-4-5-7-14(12)26-17(16)20-15(23)8-9-22-10-13(19)11(2)21-22/h10H,3-9H2,1-2H3,(H,20,23). The molecule has 140 valence electrons. The molecule has 0 aliphatic heterocycles. The van der Waals surface area contributed by atoms with E-state index in [-0.39, 0.29) is 11.9 Å². The van der Waals surface area contributed by atoms with Crippen molar-refractivity contribution in [1.29, 1.82) is 0 Å². The highest BCUT2D eigenvalue weighted by Crippen LogP contribution is 2.38. The van der Waals surface area contributed by atoms with Crippen LogP contribution in [0.2, 0.25) is 0 Å². The third-order valence-corrected chi connectivity index (χ3v) is 6.62. The zero-order valence-corrected chi connectivity index (χ0v) is 17.9. The lowest BCUT2D eigenvalue weighted by atomic mass is 9.95. The van der Waals surface area contributed by atoms with Crippen LogP contribution in [0.4, 0.5) is 5.00 Å². The smallest absolute Gasteiger partial charge is 0.341 e. The molecule has 1 aliphatic carbocycles. The van der Waals surface area contributed by atoms with Gasteiger partial charge in [-0.1, -0.05) is 0 Å². The van der Waals surface area contributed by atoms with Gasteiger partial charge in [0.1, 0.15) is 5.00 Å². The van der Waals surface area contributed by atoms with Gasteiger partial charge in [-0.05, 0) is 67.7 Å². The Kier molecular flexibility index (Phi) is 6.33. The van der Waals surface area contributed by atoms with Gasteiger partial charge in [-0.25, -0.2) is 4.79 Å². The number of amides is 1. The second kappa shape index (κ2) is 8.51. The highest BCUT2D eigenvalue weighted by atomic mass is 127. The van der Waals surface area contributed by atoms with Crippen molar-refractivity contribution < 1.29 is 14.3 Å². The van der Waals surface area contributed by atoms with E-state index in [1.807, 2.05) is 13.1 Å². The first-order chi connectivity index (χ1) is 12.5. The number of fused-ring (bicyclic) bond motifs is 1. The van der Waals surface area contributed by atoms with Crippen molar-refractivity contribution in [3.8, 4) is 0 Å². The summed E-state index contributed by atoms with van der Waals surface area (Å²) in [7, 11) is 0. The third-order valence-electron chi connectivity index (χ3n) is 4.36. The van der Waals surface area contributed by atoms with E-state index < -0.39 is 0 Å². The predicted molar refractivity (Wildman–Crippen MR) is 110 cm³/mol. The number of hydrogen-bond acceptors (Lipinski definition) is 5. The number of carbonyl (C=O) groups is 2. The van der Waals surface area contributed by atoms with Crippen molar-refractivity contribution in [3.63, 3.8) is 0 Å². The van der Waals surface area contributed by atoms with Crippen molar-refractivity contribution >= 4 is 50.8 Å². The van der Waals surface area contributed by atoms with Crippen LogP contribution in [0.5, 0.6) is 0 Å². The highest BCUT2D eigenvalue weighted by Gasteiger charge is 2.27. The summed E-state index contributed by atoms with van der Waals surface area (Å²) in [5.41, 5.74) is 2.58. The maximum absolute atomic E-state index is 12.4. The Morgan fingerprint density at radius 2 is 2.15 bits per heavy atom. The summed E-state index contributed by atoms with van der Waals surface area (Å²) in [5, 5.41) is 7.94. The minimum absolute atomic E-state index is 0.114. The monoisotopic (exact) mass is 487 g/mol. The Morgan fingerprint density at radius 3 is 2.85 bits per heavy atom. The van der Waals surface area contributed by atoms with E-state index >= 15 is 0 Å². The van der Waals surface area contributed by atoms with Crippen molar-refractivity contribution in [2.45, 2.75) is 52.5 Å². The number of aromatic nitrogens is 2. The van der Waals surface area contributed by atoms with Crippen LogP contribution in [-0.4, -0.2) is 28.3 Å². The molecule has 2 aromatic heterocycles. The quantitative estimate of drug-likeness (QED) is 0.495. The van der Waals surface area contributed by atoms with E-state index in [9.17, 15) is 9.59 Å². The van der Waals surface area contributed by atoms with Crippen molar-refractivity contribution in [3.05, 3.63) is 31.5 Å². The first-order valence-corrected chi connectivity index (χ1v) is 10.7. The molecule has 0 fully saturated rings.